The van der Waals surface area contributed by atoms with E-state index in [-0.39, 0.29) is 7.92 Å². The van der Waals surface area contributed by atoms with E-state index in [1.807, 2.05) is 24.3 Å². The van der Waals surface area contributed by atoms with Gasteiger partial charge in [0.05, 0.1) is 19.2 Å². The molecular formula is C26H34N5OP. The third-order valence-corrected chi connectivity index (χ3v) is 7.20. The fraction of sp³-hybridized carbons (Fsp3) is 0.385. The van der Waals surface area contributed by atoms with Crippen LogP contribution in [0.4, 0.5) is 11.8 Å². The Kier molecular flexibility index (Phi) is 7.34. The van der Waals surface area contributed by atoms with Crippen LogP contribution in [0.25, 0.3) is 21.9 Å². The fourth-order valence-corrected chi connectivity index (χ4v) is 5.29. The summed E-state index contributed by atoms with van der Waals surface area (Å²) in [6.07, 6.45) is 4.59. The highest BCUT2D eigenvalue weighted by molar-refractivity contribution is 7.55. The largest absolute Gasteiger partial charge is 0.496 e. The summed E-state index contributed by atoms with van der Waals surface area (Å²) in [5.41, 5.74) is 10.3. The molecule has 33 heavy (non-hydrogen) atoms. The van der Waals surface area contributed by atoms with Crippen molar-refractivity contribution in [2.45, 2.75) is 38.8 Å². The number of nitrogen functional groups attached to an aromatic ring is 1. The third-order valence-electron chi connectivity index (χ3n) is 6.04. The summed E-state index contributed by atoms with van der Waals surface area (Å²) < 4.78 is 7.93. The first-order valence-corrected chi connectivity index (χ1v) is 14.0. The lowest BCUT2D eigenvalue weighted by Crippen LogP contribution is -2.22. The van der Waals surface area contributed by atoms with Crippen molar-refractivity contribution in [2.24, 2.45) is 0 Å². The Morgan fingerprint density at radius 2 is 1.82 bits per heavy atom. The van der Waals surface area contributed by atoms with E-state index in [9.17, 15) is 0 Å². The molecule has 0 saturated heterocycles. The lowest BCUT2D eigenvalue weighted by Gasteiger charge is -2.21. The topological polar surface area (TPSA) is 78.0 Å². The van der Waals surface area contributed by atoms with E-state index in [0.717, 1.165) is 58.3 Å². The van der Waals surface area contributed by atoms with Crippen LogP contribution in [-0.2, 0) is 6.54 Å². The van der Waals surface area contributed by atoms with E-state index < -0.39 is 0 Å². The minimum atomic E-state index is 0.0627. The zero-order valence-corrected chi connectivity index (χ0v) is 20.9. The minimum absolute atomic E-state index is 0.0627. The number of hydrogen-bond acceptors (Lipinski definition) is 5. The van der Waals surface area contributed by atoms with E-state index in [4.69, 9.17) is 15.5 Å². The Morgan fingerprint density at radius 3 is 2.58 bits per heavy atom. The SMILES string of the molecule is CCCC(CCP(C)C)Nc1nc(N)nc2c3ccccc3n(Cc3ccccc3OC)c12. The molecule has 0 amide bonds. The molecule has 0 aliphatic carbocycles. The summed E-state index contributed by atoms with van der Waals surface area (Å²) in [5, 5.41) is 4.84. The maximum absolute atomic E-state index is 6.21. The molecule has 0 saturated carbocycles. The van der Waals surface area contributed by atoms with Crippen LogP contribution in [0.5, 0.6) is 5.75 Å². The first-order chi connectivity index (χ1) is 16.0. The molecule has 2 heterocycles. The van der Waals surface area contributed by atoms with Crippen LogP contribution >= 0.6 is 7.92 Å². The average molecular weight is 464 g/mol. The lowest BCUT2D eigenvalue weighted by atomic mass is 10.1. The summed E-state index contributed by atoms with van der Waals surface area (Å²) in [4.78, 5) is 9.37. The van der Waals surface area contributed by atoms with Crippen molar-refractivity contribution < 1.29 is 4.74 Å². The Labute approximate surface area is 197 Å². The lowest BCUT2D eigenvalue weighted by molar-refractivity contribution is 0.409. The number of fused-ring (bicyclic) bond motifs is 3. The average Bonchev–Trinajstić information content (AvgIpc) is 3.11. The maximum atomic E-state index is 6.21. The number of nitrogens with zero attached hydrogens (tertiary/aromatic N) is 3. The summed E-state index contributed by atoms with van der Waals surface area (Å²) in [7, 11) is 1.78. The van der Waals surface area contributed by atoms with Crippen molar-refractivity contribution in [3.8, 4) is 5.75 Å². The van der Waals surface area contributed by atoms with Gasteiger partial charge in [0.25, 0.3) is 0 Å². The second-order valence-electron chi connectivity index (χ2n) is 8.76. The van der Waals surface area contributed by atoms with Gasteiger partial charge in [-0.25, -0.2) is 4.98 Å². The minimum Gasteiger partial charge on any atom is -0.496 e. The van der Waals surface area contributed by atoms with Crippen LogP contribution in [0, 0.1) is 0 Å². The van der Waals surface area contributed by atoms with Gasteiger partial charge in [-0.1, -0.05) is 49.7 Å². The van der Waals surface area contributed by atoms with Crippen LogP contribution in [0.3, 0.4) is 0 Å². The molecule has 2 aromatic heterocycles. The van der Waals surface area contributed by atoms with Crippen LogP contribution < -0.4 is 15.8 Å². The van der Waals surface area contributed by atoms with E-state index in [1.165, 1.54) is 6.16 Å². The third kappa shape index (κ3) is 5.06. The van der Waals surface area contributed by atoms with Crippen LogP contribution in [0.15, 0.2) is 48.5 Å². The van der Waals surface area contributed by atoms with Gasteiger partial charge in [0.1, 0.15) is 16.8 Å². The Balaban J connectivity index is 1.87. The van der Waals surface area contributed by atoms with Crippen LogP contribution in [0.1, 0.15) is 31.7 Å². The molecule has 0 radical (unpaired) electrons. The van der Waals surface area contributed by atoms with Gasteiger partial charge in [0, 0.05) is 17.0 Å². The highest BCUT2D eigenvalue weighted by Crippen LogP contribution is 2.35. The normalized spacial score (nSPS) is 12.5. The molecule has 1 unspecified atom stereocenters. The molecule has 4 rings (SSSR count). The number of anilines is 2. The van der Waals surface area contributed by atoms with Gasteiger partial charge in [-0.3, -0.25) is 0 Å². The predicted molar refractivity (Wildman–Crippen MR) is 142 cm³/mol. The number of rotatable bonds is 10. The van der Waals surface area contributed by atoms with Gasteiger partial charge in [0.2, 0.25) is 5.95 Å². The molecular weight excluding hydrogens is 429 g/mol. The second kappa shape index (κ2) is 10.4. The van der Waals surface area contributed by atoms with Gasteiger partial charge in [-0.05, 0) is 44.5 Å². The number of hydrogen-bond donors (Lipinski definition) is 2. The molecule has 0 bridgehead atoms. The van der Waals surface area contributed by atoms with Crippen LogP contribution in [-0.4, -0.2) is 47.2 Å². The molecule has 174 valence electrons. The standard InChI is InChI=1S/C26H34N5OP/c1-5-10-19(15-16-33(3)4)28-25-24-23(29-26(27)30-25)20-12-7-8-13-21(20)31(24)17-18-11-6-9-14-22(18)32-2/h6-9,11-14,19H,5,10,15-17H2,1-4H3,(H3,27,28,29,30). The van der Waals surface area contributed by atoms with Crippen molar-refractivity contribution in [3.05, 3.63) is 54.1 Å². The monoisotopic (exact) mass is 463 g/mol. The number of methoxy groups -OCH3 is 1. The van der Waals surface area contributed by atoms with Crippen molar-refractivity contribution >= 4 is 41.6 Å². The maximum Gasteiger partial charge on any atom is 0.222 e. The van der Waals surface area contributed by atoms with Crippen molar-refractivity contribution in [1.82, 2.24) is 14.5 Å². The molecule has 7 heteroatoms. The quantitative estimate of drug-likeness (QED) is 0.285. The van der Waals surface area contributed by atoms with Crippen molar-refractivity contribution in [1.29, 1.82) is 0 Å². The summed E-state index contributed by atoms with van der Waals surface area (Å²) >= 11 is 0. The molecule has 1 atom stereocenters. The highest BCUT2D eigenvalue weighted by Gasteiger charge is 2.20. The fourth-order valence-electron chi connectivity index (χ4n) is 4.46. The van der Waals surface area contributed by atoms with E-state index in [1.54, 1.807) is 7.11 Å². The van der Waals surface area contributed by atoms with Gasteiger partial charge in [-0.2, -0.15) is 4.98 Å². The number of benzene rings is 2. The first-order valence-electron chi connectivity index (χ1n) is 11.6. The molecule has 0 fully saturated rings. The number of nitrogens with two attached hydrogens (primary N) is 1. The zero-order valence-electron chi connectivity index (χ0n) is 20.0. The molecule has 4 aromatic rings. The summed E-state index contributed by atoms with van der Waals surface area (Å²) in [5.74, 6) is 1.99. The molecule has 0 aliphatic rings. The van der Waals surface area contributed by atoms with E-state index in [2.05, 4.69) is 59.4 Å². The van der Waals surface area contributed by atoms with E-state index in [0.29, 0.717) is 18.5 Å². The Bertz CT molecular complexity index is 1240. The highest BCUT2D eigenvalue weighted by atomic mass is 31.1. The zero-order chi connectivity index (χ0) is 23.4. The molecule has 0 spiro atoms. The molecule has 2 aromatic carbocycles. The first kappa shape index (κ1) is 23.3. The smallest absolute Gasteiger partial charge is 0.222 e. The Hall–Kier alpha value is -2.85. The second-order valence-corrected chi connectivity index (χ2v) is 11.4. The van der Waals surface area contributed by atoms with Gasteiger partial charge < -0.3 is 20.4 Å². The molecule has 6 nitrogen and oxygen atoms in total. The number of para-hydroxylation sites is 2. The molecule has 3 N–H and O–H groups in total. The Morgan fingerprint density at radius 1 is 1.06 bits per heavy atom. The number of nitrogens with one attached hydrogen (secondary N) is 1. The van der Waals surface area contributed by atoms with Crippen molar-refractivity contribution in [3.63, 3.8) is 0 Å². The van der Waals surface area contributed by atoms with Gasteiger partial charge in [-0.15, -0.1) is 7.92 Å². The van der Waals surface area contributed by atoms with Crippen molar-refractivity contribution in [2.75, 3.05) is 37.7 Å². The van der Waals surface area contributed by atoms with E-state index >= 15 is 0 Å². The van der Waals surface area contributed by atoms with Crippen LogP contribution in [0.2, 0.25) is 0 Å². The number of aromatic nitrogens is 3. The van der Waals surface area contributed by atoms with Gasteiger partial charge in [0.15, 0.2) is 5.82 Å². The summed E-state index contributed by atoms with van der Waals surface area (Å²) in [6.45, 7) is 7.57. The predicted octanol–water partition coefficient (Wildman–Crippen LogP) is 5.94. The van der Waals surface area contributed by atoms with Gasteiger partial charge >= 0.3 is 0 Å². The summed E-state index contributed by atoms with van der Waals surface area (Å²) in [6, 6.07) is 16.9. The molecule has 0 aliphatic heterocycles. The number of ether oxygens (including phenoxy) is 1.